The van der Waals surface area contributed by atoms with Crippen molar-refractivity contribution in [3.63, 3.8) is 0 Å². The lowest BCUT2D eigenvalue weighted by Crippen LogP contribution is -2.47. The number of nitrogens with zero attached hydrogens (tertiary/aromatic N) is 3. The van der Waals surface area contributed by atoms with Crippen molar-refractivity contribution >= 4 is 16.0 Å². The Morgan fingerprint density at radius 2 is 1.88 bits per heavy atom. The minimum Gasteiger partial charge on any atom is -0.394 e. The van der Waals surface area contributed by atoms with Gasteiger partial charge in [-0.15, -0.1) is 0 Å². The highest BCUT2D eigenvalue weighted by atomic mass is 32.2. The van der Waals surface area contributed by atoms with E-state index in [1.807, 2.05) is 0 Å². The van der Waals surface area contributed by atoms with Gasteiger partial charge in [-0.1, -0.05) is 0 Å². The monoisotopic (exact) mass is 260 g/mol. The number of hydrogen-bond acceptors (Lipinski definition) is 6. The predicted molar refractivity (Wildman–Crippen MR) is 62.6 cm³/mol. The lowest BCUT2D eigenvalue weighted by atomic mass is 10.1. The number of aliphatic hydroxyl groups is 1. The van der Waals surface area contributed by atoms with E-state index < -0.39 is 15.6 Å². The molecule has 0 fully saturated rings. The fraction of sp³-hybridized carbons (Fsp3) is 0.556. The molecule has 0 aliphatic rings. The molecule has 17 heavy (non-hydrogen) atoms. The first-order chi connectivity index (χ1) is 7.71. The number of hydrogen-bond donors (Lipinski definition) is 2. The molecule has 1 rings (SSSR count). The lowest BCUT2D eigenvalue weighted by molar-refractivity contribution is 0.138. The van der Waals surface area contributed by atoms with Gasteiger partial charge >= 0.3 is 0 Å². The first-order valence-electron chi connectivity index (χ1n) is 4.89. The first kappa shape index (κ1) is 13.8. The van der Waals surface area contributed by atoms with E-state index in [0.29, 0.717) is 0 Å². The number of sulfonamides is 1. The van der Waals surface area contributed by atoms with Crippen molar-refractivity contribution in [2.24, 2.45) is 0 Å². The topological polar surface area (TPSA) is 109 Å². The van der Waals surface area contributed by atoms with Crippen LogP contribution in [0.4, 0.5) is 5.95 Å². The summed E-state index contributed by atoms with van der Waals surface area (Å²) in [6, 6.07) is 0. The summed E-state index contributed by atoms with van der Waals surface area (Å²) in [4.78, 5) is 7.21. The third-order valence-electron chi connectivity index (χ3n) is 2.55. The van der Waals surface area contributed by atoms with E-state index in [9.17, 15) is 8.42 Å². The Labute approximate surface area is 100 Å². The Bertz CT molecular complexity index is 483. The molecule has 0 saturated carbocycles. The molecule has 0 radical (unpaired) electrons. The van der Waals surface area contributed by atoms with Crippen LogP contribution in [0.2, 0.25) is 0 Å². The maximum Gasteiger partial charge on any atom is 0.246 e. The van der Waals surface area contributed by atoms with E-state index in [1.54, 1.807) is 13.8 Å². The fourth-order valence-electron chi connectivity index (χ4n) is 1.04. The van der Waals surface area contributed by atoms with E-state index in [1.165, 1.54) is 7.05 Å². The van der Waals surface area contributed by atoms with Crippen LogP contribution >= 0.6 is 0 Å². The van der Waals surface area contributed by atoms with Crippen LogP contribution in [-0.2, 0) is 10.0 Å². The summed E-state index contributed by atoms with van der Waals surface area (Å²) >= 11 is 0. The van der Waals surface area contributed by atoms with E-state index in [-0.39, 0.29) is 17.5 Å². The zero-order valence-electron chi connectivity index (χ0n) is 9.95. The quantitative estimate of drug-likeness (QED) is 0.751. The molecule has 0 amide bonds. The van der Waals surface area contributed by atoms with Crippen LogP contribution in [0.1, 0.15) is 13.8 Å². The van der Waals surface area contributed by atoms with Crippen molar-refractivity contribution in [3.8, 4) is 0 Å². The Kier molecular flexibility index (Phi) is 3.70. The molecule has 1 aromatic rings. The van der Waals surface area contributed by atoms with Crippen molar-refractivity contribution in [2.45, 2.75) is 24.3 Å². The van der Waals surface area contributed by atoms with Crippen molar-refractivity contribution in [3.05, 3.63) is 12.4 Å². The number of rotatable bonds is 4. The van der Waals surface area contributed by atoms with Gasteiger partial charge in [-0.2, -0.15) is 4.31 Å². The van der Waals surface area contributed by atoms with Gasteiger partial charge in [0.25, 0.3) is 0 Å². The highest BCUT2D eigenvalue weighted by Gasteiger charge is 2.33. The van der Waals surface area contributed by atoms with Gasteiger partial charge in [0.2, 0.25) is 16.0 Å². The molecule has 0 bridgehead atoms. The summed E-state index contributed by atoms with van der Waals surface area (Å²) < 4.78 is 25.4. The van der Waals surface area contributed by atoms with Crippen LogP contribution in [0.5, 0.6) is 0 Å². The molecule has 0 spiro atoms. The second-order valence-electron chi connectivity index (χ2n) is 4.22. The number of aromatic nitrogens is 2. The second-order valence-corrected chi connectivity index (χ2v) is 6.19. The Balaban J connectivity index is 3.16. The normalized spacial score (nSPS) is 13.0. The van der Waals surface area contributed by atoms with Crippen LogP contribution in [-0.4, -0.2) is 47.0 Å². The smallest absolute Gasteiger partial charge is 0.246 e. The van der Waals surface area contributed by atoms with Gasteiger partial charge in [0, 0.05) is 7.05 Å². The van der Waals surface area contributed by atoms with Gasteiger partial charge in [0.05, 0.1) is 24.5 Å². The van der Waals surface area contributed by atoms with Crippen LogP contribution < -0.4 is 5.73 Å². The van der Waals surface area contributed by atoms with Crippen LogP contribution in [0, 0.1) is 0 Å². The summed E-state index contributed by atoms with van der Waals surface area (Å²) in [7, 11) is -2.34. The van der Waals surface area contributed by atoms with Crippen molar-refractivity contribution in [1.82, 2.24) is 14.3 Å². The average molecular weight is 260 g/mol. The largest absolute Gasteiger partial charge is 0.394 e. The summed E-state index contributed by atoms with van der Waals surface area (Å²) in [6.07, 6.45) is 2.28. The Morgan fingerprint density at radius 3 is 2.29 bits per heavy atom. The molecule has 1 heterocycles. The van der Waals surface area contributed by atoms with Gasteiger partial charge in [-0.05, 0) is 13.8 Å². The average Bonchev–Trinajstić information content (AvgIpc) is 2.28. The molecule has 1 aromatic heterocycles. The second kappa shape index (κ2) is 4.55. The zero-order valence-corrected chi connectivity index (χ0v) is 10.8. The highest BCUT2D eigenvalue weighted by Crippen LogP contribution is 2.21. The lowest BCUT2D eigenvalue weighted by Gasteiger charge is -2.32. The molecule has 0 aromatic carbocycles. The SMILES string of the molecule is CN(C(C)(C)CO)S(=O)(=O)c1cnc(N)nc1. The molecule has 7 nitrogen and oxygen atoms in total. The molecule has 0 aliphatic carbocycles. The number of nitrogens with two attached hydrogens (primary N) is 1. The van der Waals surface area contributed by atoms with E-state index >= 15 is 0 Å². The first-order valence-corrected chi connectivity index (χ1v) is 6.33. The van der Waals surface area contributed by atoms with Gasteiger partial charge < -0.3 is 10.8 Å². The fourth-order valence-corrected chi connectivity index (χ4v) is 2.44. The molecular weight excluding hydrogens is 244 g/mol. The minimum atomic E-state index is -3.73. The maximum absolute atomic E-state index is 12.1. The third-order valence-corrected chi connectivity index (χ3v) is 4.57. The van der Waals surface area contributed by atoms with Gasteiger partial charge in [-0.25, -0.2) is 18.4 Å². The highest BCUT2D eigenvalue weighted by molar-refractivity contribution is 7.89. The number of likely N-dealkylation sites (N-methyl/N-ethyl adjacent to an activating group) is 1. The number of anilines is 1. The van der Waals surface area contributed by atoms with Crippen molar-refractivity contribution in [2.75, 3.05) is 19.4 Å². The molecule has 0 aliphatic heterocycles. The summed E-state index contributed by atoms with van der Waals surface area (Å²) in [5.41, 5.74) is 4.38. The summed E-state index contributed by atoms with van der Waals surface area (Å²) in [5, 5.41) is 9.16. The maximum atomic E-state index is 12.1. The molecular formula is C9H16N4O3S. The predicted octanol–water partition coefficient (Wildman–Crippen LogP) is -0.550. The van der Waals surface area contributed by atoms with E-state index in [4.69, 9.17) is 10.8 Å². The molecule has 0 unspecified atom stereocenters. The number of aliphatic hydroxyl groups excluding tert-OH is 1. The van der Waals surface area contributed by atoms with Crippen LogP contribution in [0.3, 0.4) is 0 Å². The van der Waals surface area contributed by atoms with Crippen LogP contribution in [0.15, 0.2) is 17.3 Å². The van der Waals surface area contributed by atoms with Gasteiger partial charge in [0.15, 0.2) is 0 Å². The Hall–Kier alpha value is -1.25. The summed E-state index contributed by atoms with van der Waals surface area (Å²) in [5.74, 6) is 0.00743. The zero-order chi connectivity index (χ0) is 13.3. The number of nitrogen functional groups attached to an aromatic ring is 1. The molecule has 8 heteroatoms. The van der Waals surface area contributed by atoms with Crippen molar-refractivity contribution in [1.29, 1.82) is 0 Å². The Morgan fingerprint density at radius 1 is 1.41 bits per heavy atom. The van der Waals surface area contributed by atoms with Crippen molar-refractivity contribution < 1.29 is 13.5 Å². The standard InChI is InChI=1S/C9H16N4O3S/c1-9(2,6-14)13(3)17(15,16)7-4-11-8(10)12-5-7/h4-5,14H,6H2,1-3H3,(H2,10,11,12). The van der Waals surface area contributed by atoms with Crippen LogP contribution in [0.25, 0.3) is 0 Å². The third kappa shape index (κ3) is 2.71. The summed E-state index contributed by atoms with van der Waals surface area (Å²) in [6.45, 7) is 2.93. The molecule has 0 saturated heterocycles. The molecule has 96 valence electrons. The van der Waals surface area contributed by atoms with E-state index in [0.717, 1.165) is 16.7 Å². The minimum absolute atomic E-state index is 0.00743. The molecule has 0 atom stereocenters. The van der Waals surface area contributed by atoms with E-state index in [2.05, 4.69) is 9.97 Å². The van der Waals surface area contributed by atoms with Gasteiger partial charge in [0.1, 0.15) is 4.90 Å². The molecule has 3 N–H and O–H groups in total. The van der Waals surface area contributed by atoms with Gasteiger partial charge in [-0.3, -0.25) is 0 Å².